The Labute approximate surface area is 184 Å². The van der Waals surface area contributed by atoms with Gasteiger partial charge < -0.3 is 9.64 Å². The number of ether oxygens (including phenoxy) is 1. The van der Waals surface area contributed by atoms with Gasteiger partial charge in [0, 0.05) is 41.2 Å². The number of nitrogens with one attached hydrogen (secondary N) is 1. The first-order valence-electron chi connectivity index (χ1n) is 10.7. The SMILES string of the molecule is N#CCCN(C(=O)c1nc2c(s1)CCOc1cc(-c3cn[nH]c3)ccc1-2)C1CCCC1. The molecule has 1 amide bonds. The predicted octanol–water partition coefficient (Wildman–Crippen LogP) is 4.43. The van der Waals surface area contributed by atoms with Gasteiger partial charge in [0.2, 0.25) is 0 Å². The summed E-state index contributed by atoms with van der Waals surface area (Å²) in [6.07, 6.45) is 8.99. The van der Waals surface area contributed by atoms with Gasteiger partial charge in [-0.1, -0.05) is 18.9 Å². The first-order valence-corrected chi connectivity index (χ1v) is 11.5. The second-order valence-electron chi connectivity index (χ2n) is 7.93. The van der Waals surface area contributed by atoms with Crippen molar-refractivity contribution in [2.24, 2.45) is 0 Å². The summed E-state index contributed by atoms with van der Waals surface area (Å²) in [6, 6.07) is 8.45. The van der Waals surface area contributed by atoms with Crippen molar-refractivity contribution >= 4 is 17.2 Å². The van der Waals surface area contributed by atoms with Crippen LogP contribution in [0.4, 0.5) is 0 Å². The molecule has 2 aliphatic rings. The van der Waals surface area contributed by atoms with E-state index in [9.17, 15) is 4.79 Å². The number of nitriles is 1. The summed E-state index contributed by atoms with van der Waals surface area (Å²) in [7, 11) is 0. The van der Waals surface area contributed by atoms with Crippen LogP contribution in [0.1, 0.15) is 46.8 Å². The molecule has 1 saturated carbocycles. The third-order valence-electron chi connectivity index (χ3n) is 6.03. The lowest BCUT2D eigenvalue weighted by Crippen LogP contribution is -2.39. The molecule has 3 heterocycles. The molecular weight excluding hydrogens is 410 g/mol. The van der Waals surface area contributed by atoms with Gasteiger partial charge in [0.25, 0.3) is 5.91 Å². The number of rotatable bonds is 5. The molecule has 1 aliphatic carbocycles. The van der Waals surface area contributed by atoms with E-state index in [2.05, 4.69) is 16.3 Å². The van der Waals surface area contributed by atoms with Gasteiger partial charge in [-0.05, 0) is 30.5 Å². The Hall–Kier alpha value is -3.18. The highest BCUT2D eigenvalue weighted by molar-refractivity contribution is 7.14. The Morgan fingerprint density at radius 1 is 1.32 bits per heavy atom. The smallest absolute Gasteiger partial charge is 0.283 e. The average Bonchev–Trinajstić information content (AvgIpc) is 3.55. The van der Waals surface area contributed by atoms with Crippen molar-refractivity contribution in [3.8, 4) is 34.2 Å². The summed E-state index contributed by atoms with van der Waals surface area (Å²) in [6.45, 7) is 1.02. The molecule has 0 atom stereocenters. The maximum atomic E-state index is 13.4. The number of nitrogens with zero attached hydrogens (tertiary/aromatic N) is 4. The van der Waals surface area contributed by atoms with Gasteiger partial charge >= 0.3 is 0 Å². The molecule has 1 fully saturated rings. The lowest BCUT2D eigenvalue weighted by Gasteiger charge is -2.27. The van der Waals surface area contributed by atoms with Crippen molar-refractivity contribution in [2.45, 2.75) is 44.6 Å². The number of benzene rings is 1. The van der Waals surface area contributed by atoms with Crippen LogP contribution in [0, 0.1) is 11.3 Å². The van der Waals surface area contributed by atoms with Crippen molar-refractivity contribution in [3.05, 3.63) is 40.5 Å². The van der Waals surface area contributed by atoms with E-state index in [1.165, 1.54) is 11.3 Å². The second-order valence-corrected chi connectivity index (χ2v) is 9.02. The zero-order chi connectivity index (χ0) is 21.2. The largest absolute Gasteiger partial charge is 0.492 e. The van der Waals surface area contributed by atoms with Gasteiger partial charge in [-0.2, -0.15) is 10.4 Å². The Morgan fingerprint density at radius 3 is 2.97 bits per heavy atom. The maximum Gasteiger partial charge on any atom is 0.283 e. The molecule has 0 radical (unpaired) electrons. The van der Waals surface area contributed by atoms with Crippen molar-refractivity contribution in [1.82, 2.24) is 20.1 Å². The van der Waals surface area contributed by atoms with Crippen LogP contribution in [0.15, 0.2) is 30.6 Å². The van der Waals surface area contributed by atoms with Crippen LogP contribution in [-0.4, -0.2) is 45.2 Å². The molecule has 0 spiro atoms. The highest BCUT2D eigenvalue weighted by Crippen LogP contribution is 2.40. The summed E-state index contributed by atoms with van der Waals surface area (Å²) in [5, 5.41) is 16.4. The first-order chi connectivity index (χ1) is 15.2. The van der Waals surface area contributed by atoms with Crippen LogP contribution in [0.5, 0.6) is 5.75 Å². The summed E-state index contributed by atoms with van der Waals surface area (Å²) >= 11 is 1.46. The Kier molecular flexibility index (Phi) is 5.43. The average molecular weight is 434 g/mol. The van der Waals surface area contributed by atoms with Gasteiger partial charge in [0.1, 0.15) is 5.75 Å². The van der Waals surface area contributed by atoms with Crippen molar-refractivity contribution in [2.75, 3.05) is 13.2 Å². The fourth-order valence-corrected chi connectivity index (χ4v) is 5.47. The van der Waals surface area contributed by atoms with Gasteiger partial charge in [-0.25, -0.2) is 4.98 Å². The fraction of sp³-hybridized carbons (Fsp3) is 0.391. The van der Waals surface area contributed by atoms with E-state index in [0.29, 0.717) is 24.6 Å². The minimum absolute atomic E-state index is 0.0438. The van der Waals surface area contributed by atoms with Gasteiger partial charge in [-0.3, -0.25) is 9.89 Å². The van der Waals surface area contributed by atoms with Gasteiger partial charge in [0.05, 0.1) is 31.0 Å². The highest BCUT2D eigenvalue weighted by Gasteiger charge is 2.31. The molecule has 5 rings (SSSR count). The summed E-state index contributed by atoms with van der Waals surface area (Å²) in [5.41, 5.74) is 3.77. The van der Waals surface area contributed by atoms with E-state index in [0.717, 1.165) is 65.1 Å². The van der Waals surface area contributed by atoms with Crippen LogP contribution in [0.25, 0.3) is 22.4 Å². The van der Waals surface area contributed by atoms with Crippen molar-refractivity contribution in [1.29, 1.82) is 5.26 Å². The minimum atomic E-state index is -0.0438. The monoisotopic (exact) mass is 433 g/mol. The molecule has 7 nitrogen and oxygen atoms in total. The number of thiazole rings is 1. The van der Waals surface area contributed by atoms with Crippen LogP contribution < -0.4 is 4.74 Å². The zero-order valence-electron chi connectivity index (χ0n) is 17.1. The topological polar surface area (TPSA) is 94.9 Å². The molecule has 1 aliphatic heterocycles. The number of hydrogen-bond donors (Lipinski definition) is 1. The number of hydrogen-bond acceptors (Lipinski definition) is 6. The van der Waals surface area contributed by atoms with E-state index < -0.39 is 0 Å². The third-order valence-corrected chi connectivity index (χ3v) is 7.13. The van der Waals surface area contributed by atoms with E-state index in [1.807, 2.05) is 29.3 Å². The van der Waals surface area contributed by atoms with Gasteiger partial charge in [0.15, 0.2) is 5.01 Å². The second kappa shape index (κ2) is 8.52. The minimum Gasteiger partial charge on any atom is -0.492 e. The molecule has 0 unspecified atom stereocenters. The fourth-order valence-electron chi connectivity index (χ4n) is 4.46. The van der Waals surface area contributed by atoms with Gasteiger partial charge in [-0.15, -0.1) is 11.3 Å². The molecule has 158 valence electrons. The van der Waals surface area contributed by atoms with Crippen molar-refractivity contribution < 1.29 is 9.53 Å². The van der Waals surface area contributed by atoms with Crippen LogP contribution in [0.3, 0.4) is 0 Å². The molecule has 0 saturated heterocycles. The summed E-state index contributed by atoms with van der Waals surface area (Å²) < 4.78 is 6.01. The standard InChI is InChI=1S/C23H23N5O2S/c24-9-3-10-28(17-4-1-2-5-17)23(29)22-27-21-18-7-6-15(16-13-25-26-14-16)12-19(18)30-11-8-20(21)31-22/h6-7,12-14,17H,1-5,8,10-11H2,(H,25,26). The normalized spacial score (nSPS) is 15.5. The molecule has 31 heavy (non-hydrogen) atoms. The Balaban J connectivity index is 1.48. The van der Waals surface area contributed by atoms with E-state index >= 15 is 0 Å². The number of aromatic amines is 1. The first kappa shape index (κ1) is 19.8. The maximum absolute atomic E-state index is 13.4. The third kappa shape index (κ3) is 3.81. The Morgan fingerprint density at radius 2 is 2.19 bits per heavy atom. The molecule has 2 aromatic heterocycles. The number of aromatic nitrogens is 3. The van der Waals surface area contributed by atoms with E-state index in [4.69, 9.17) is 15.0 Å². The van der Waals surface area contributed by atoms with Crippen LogP contribution in [-0.2, 0) is 6.42 Å². The van der Waals surface area contributed by atoms with Crippen LogP contribution in [0.2, 0.25) is 0 Å². The molecular formula is C23H23N5O2S. The molecule has 3 aromatic rings. The number of fused-ring (bicyclic) bond motifs is 3. The number of carbonyl (C=O) groups is 1. The highest BCUT2D eigenvalue weighted by atomic mass is 32.1. The van der Waals surface area contributed by atoms with Crippen LogP contribution >= 0.6 is 11.3 Å². The number of H-pyrrole nitrogens is 1. The molecule has 1 N–H and O–H groups in total. The van der Waals surface area contributed by atoms with E-state index in [-0.39, 0.29) is 11.9 Å². The lowest BCUT2D eigenvalue weighted by atomic mass is 10.0. The van der Waals surface area contributed by atoms with Crippen molar-refractivity contribution in [3.63, 3.8) is 0 Å². The lowest BCUT2D eigenvalue weighted by molar-refractivity contribution is 0.0686. The molecule has 8 heteroatoms. The quantitative estimate of drug-likeness (QED) is 0.642. The molecule has 1 aromatic carbocycles. The molecule has 0 bridgehead atoms. The van der Waals surface area contributed by atoms with E-state index in [1.54, 1.807) is 6.20 Å². The summed E-state index contributed by atoms with van der Waals surface area (Å²) in [4.78, 5) is 21.1. The summed E-state index contributed by atoms with van der Waals surface area (Å²) in [5.74, 6) is 0.733. The number of amides is 1. The predicted molar refractivity (Wildman–Crippen MR) is 118 cm³/mol. The Bertz CT molecular complexity index is 1130. The number of carbonyl (C=O) groups excluding carboxylic acids is 1. The zero-order valence-corrected chi connectivity index (χ0v) is 18.0.